The Balaban J connectivity index is 1.31. The number of nitrogens with one attached hydrogen (secondary N) is 2. The van der Waals surface area contributed by atoms with Gasteiger partial charge in [-0.05, 0) is 30.5 Å². The summed E-state index contributed by atoms with van der Waals surface area (Å²) in [5.74, 6) is 0.527. The fourth-order valence-corrected chi connectivity index (χ4v) is 3.83. The third-order valence-electron chi connectivity index (χ3n) is 5.22. The zero-order chi connectivity index (χ0) is 17.9. The molecule has 4 rings (SSSR count). The molecule has 3 atom stereocenters. The van der Waals surface area contributed by atoms with Gasteiger partial charge in [0, 0.05) is 49.7 Å². The number of likely N-dealkylation sites (tertiary alicyclic amines) is 1. The third kappa shape index (κ3) is 3.32. The van der Waals surface area contributed by atoms with Gasteiger partial charge >= 0.3 is 0 Å². The average molecular weight is 355 g/mol. The maximum atomic E-state index is 12.5. The number of carbonyl (C=O) groups excluding carboxylic acids is 2. The number of hydrogen-bond donors (Lipinski definition) is 2. The Morgan fingerprint density at radius 3 is 2.88 bits per heavy atom. The van der Waals surface area contributed by atoms with Crippen LogP contribution in [0.5, 0.6) is 0 Å². The summed E-state index contributed by atoms with van der Waals surface area (Å²) < 4.78 is 5.92. The second kappa shape index (κ2) is 7.25. The zero-order valence-corrected chi connectivity index (χ0v) is 14.3. The molecule has 2 saturated heterocycles. The number of H-pyrrole nitrogens is 1. The van der Waals surface area contributed by atoms with Crippen molar-refractivity contribution in [2.75, 3.05) is 26.2 Å². The van der Waals surface area contributed by atoms with Gasteiger partial charge in [0.05, 0.1) is 12.7 Å². The molecule has 2 N–H and O–H groups in total. The van der Waals surface area contributed by atoms with E-state index in [9.17, 15) is 9.59 Å². The summed E-state index contributed by atoms with van der Waals surface area (Å²) >= 11 is 0. The predicted molar refractivity (Wildman–Crippen MR) is 92.4 cm³/mol. The van der Waals surface area contributed by atoms with Crippen molar-refractivity contribution in [2.45, 2.75) is 12.5 Å². The Morgan fingerprint density at radius 2 is 2.12 bits per heavy atom. The molecule has 2 amide bonds. The van der Waals surface area contributed by atoms with Crippen LogP contribution in [0.25, 0.3) is 0 Å². The second-order valence-electron chi connectivity index (χ2n) is 6.75. The van der Waals surface area contributed by atoms with E-state index in [1.54, 1.807) is 36.8 Å². The summed E-state index contributed by atoms with van der Waals surface area (Å²) in [5.41, 5.74) is 1.11. The molecule has 8 heteroatoms. The maximum absolute atomic E-state index is 12.5. The number of hydrogen-bond acceptors (Lipinski definition) is 5. The van der Waals surface area contributed by atoms with Gasteiger partial charge in [-0.1, -0.05) is 0 Å². The van der Waals surface area contributed by atoms with E-state index in [0.29, 0.717) is 49.3 Å². The van der Waals surface area contributed by atoms with Gasteiger partial charge in [-0.2, -0.15) is 5.10 Å². The van der Waals surface area contributed by atoms with E-state index in [-0.39, 0.29) is 17.9 Å². The average Bonchev–Trinajstić information content (AvgIpc) is 3.36. The smallest absolute Gasteiger partial charge is 0.271 e. The molecule has 0 radical (unpaired) electrons. The molecule has 2 aliphatic rings. The molecular weight excluding hydrogens is 334 g/mol. The lowest BCUT2D eigenvalue weighted by atomic mass is 9.84. The molecule has 0 unspecified atom stereocenters. The van der Waals surface area contributed by atoms with Crippen molar-refractivity contribution < 1.29 is 14.3 Å². The number of amides is 2. The maximum Gasteiger partial charge on any atom is 0.271 e. The van der Waals surface area contributed by atoms with E-state index < -0.39 is 0 Å². The van der Waals surface area contributed by atoms with Gasteiger partial charge in [-0.3, -0.25) is 19.7 Å². The Hall–Kier alpha value is -2.74. The molecule has 4 heterocycles. The lowest BCUT2D eigenvalue weighted by Crippen LogP contribution is -2.46. The third-order valence-corrected chi connectivity index (χ3v) is 5.22. The summed E-state index contributed by atoms with van der Waals surface area (Å²) in [6.07, 6.45) is 5.66. The molecule has 8 nitrogen and oxygen atoms in total. The summed E-state index contributed by atoms with van der Waals surface area (Å²) in [7, 11) is 0. The van der Waals surface area contributed by atoms with Gasteiger partial charge in [0.15, 0.2) is 0 Å². The number of piperidine rings is 1. The molecule has 2 aromatic rings. The van der Waals surface area contributed by atoms with E-state index >= 15 is 0 Å². The first-order valence-electron chi connectivity index (χ1n) is 8.81. The standard InChI is InChI=1S/C18H21N5O3/c24-17(12-1-5-19-6-2-12)20-9-16-14-4-8-23(10-13(14)11-26-16)18(25)15-3-7-21-22-15/h1-3,5-7,13-14,16H,4,8-11H2,(H,20,24)(H,21,22)/t13-,14-,16-/m0/s1. The fourth-order valence-electron chi connectivity index (χ4n) is 3.83. The first-order chi connectivity index (χ1) is 12.7. The molecule has 2 aromatic heterocycles. The first-order valence-corrected chi connectivity index (χ1v) is 8.81. The highest BCUT2D eigenvalue weighted by Crippen LogP contribution is 2.34. The molecule has 0 bridgehead atoms. The van der Waals surface area contributed by atoms with Gasteiger partial charge in [-0.15, -0.1) is 0 Å². The van der Waals surface area contributed by atoms with Crippen LogP contribution in [0.1, 0.15) is 27.3 Å². The van der Waals surface area contributed by atoms with Crippen LogP contribution in [0.2, 0.25) is 0 Å². The van der Waals surface area contributed by atoms with Crippen LogP contribution >= 0.6 is 0 Å². The highest BCUT2D eigenvalue weighted by molar-refractivity contribution is 5.94. The lowest BCUT2D eigenvalue weighted by Gasteiger charge is -2.35. The molecular formula is C18H21N5O3. The van der Waals surface area contributed by atoms with Crippen LogP contribution in [-0.4, -0.2) is 64.2 Å². The van der Waals surface area contributed by atoms with Gasteiger partial charge < -0.3 is 15.0 Å². The predicted octanol–water partition coefficient (Wildman–Crippen LogP) is 0.712. The summed E-state index contributed by atoms with van der Waals surface area (Å²) in [6, 6.07) is 5.07. The van der Waals surface area contributed by atoms with Crippen molar-refractivity contribution >= 4 is 11.8 Å². The number of nitrogens with zero attached hydrogens (tertiary/aromatic N) is 3. The molecule has 0 aliphatic carbocycles. The van der Waals surface area contributed by atoms with Gasteiger partial charge in [0.2, 0.25) is 0 Å². The van der Waals surface area contributed by atoms with Crippen molar-refractivity contribution in [3.8, 4) is 0 Å². The number of ether oxygens (including phenoxy) is 1. The van der Waals surface area contributed by atoms with Crippen molar-refractivity contribution in [3.05, 3.63) is 48.0 Å². The zero-order valence-electron chi connectivity index (χ0n) is 14.3. The highest BCUT2D eigenvalue weighted by Gasteiger charge is 2.42. The van der Waals surface area contributed by atoms with Crippen molar-refractivity contribution in [2.24, 2.45) is 11.8 Å². The van der Waals surface area contributed by atoms with Crippen LogP contribution in [-0.2, 0) is 4.74 Å². The normalized spacial score (nSPS) is 24.9. The molecule has 0 aromatic carbocycles. The molecule has 136 valence electrons. The number of fused-ring (bicyclic) bond motifs is 1. The molecule has 0 spiro atoms. The van der Waals surface area contributed by atoms with Gasteiger partial charge in [0.1, 0.15) is 5.69 Å². The minimum Gasteiger partial charge on any atom is -0.376 e. The Bertz CT molecular complexity index is 764. The van der Waals surface area contributed by atoms with Crippen LogP contribution in [0.3, 0.4) is 0 Å². The van der Waals surface area contributed by atoms with E-state index in [4.69, 9.17) is 4.74 Å². The minimum atomic E-state index is -0.119. The van der Waals surface area contributed by atoms with E-state index in [1.807, 2.05) is 4.90 Å². The Kier molecular flexibility index (Phi) is 4.66. The van der Waals surface area contributed by atoms with Crippen molar-refractivity contribution in [3.63, 3.8) is 0 Å². The van der Waals surface area contributed by atoms with Crippen molar-refractivity contribution in [1.29, 1.82) is 0 Å². The Morgan fingerprint density at radius 1 is 1.27 bits per heavy atom. The molecule has 2 fully saturated rings. The largest absolute Gasteiger partial charge is 0.376 e. The summed E-state index contributed by atoms with van der Waals surface area (Å²) in [5, 5.41) is 9.51. The number of carbonyl (C=O) groups is 2. The lowest BCUT2D eigenvalue weighted by molar-refractivity contribution is 0.0602. The van der Waals surface area contributed by atoms with E-state index in [1.165, 1.54) is 0 Å². The van der Waals surface area contributed by atoms with Gasteiger partial charge in [0.25, 0.3) is 11.8 Å². The van der Waals surface area contributed by atoms with Crippen LogP contribution < -0.4 is 5.32 Å². The monoisotopic (exact) mass is 355 g/mol. The van der Waals surface area contributed by atoms with Crippen molar-refractivity contribution in [1.82, 2.24) is 25.4 Å². The minimum absolute atomic E-state index is 0.00445. The van der Waals surface area contributed by atoms with E-state index in [2.05, 4.69) is 20.5 Å². The number of aromatic amines is 1. The van der Waals surface area contributed by atoms with Crippen LogP contribution in [0.15, 0.2) is 36.8 Å². The quantitative estimate of drug-likeness (QED) is 0.841. The fraction of sp³-hybridized carbons (Fsp3) is 0.444. The molecule has 26 heavy (non-hydrogen) atoms. The number of rotatable bonds is 4. The van der Waals surface area contributed by atoms with Crippen LogP contribution in [0.4, 0.5) is 0 Å². The SMILES string of the molecule is O=C(NC[C@@H]1OC[C@@H]2CN(C(=O)c3ccn[nH]3)CC[C@@H]21)c1ccncc1. The summed E-state index contributed by atoms with van der Waals surface area (Å²) in [4.78, 5) is 30.4. The van der Waals surface area contributed by atoms with Crippen LogP contribution in [0, 0.1) is 11.8 Å². The number of pyridine rings is 1. The molecule has 0 saturated carbocycles. The highest BCUT2D eigenvalue weighted by atomic mass is 16.5. The van der Waals surface area contributed by atoms with Gasteiger partial charge in [-0.25, -0.2) is 0 Å². The Labute approximate surface area is 150 Å². The molecule has 2 aliphatic heterocycles. The first kappa shape index (κ1) is 16.7. The summed E-state index contributed by atoms with van der Waals surface area (Å²) in [6.45, 7) is 2.47. The topological polar surface area (TPSA) is 100 Å². The second-order valence-corrected chi connectivity index (χ2v) is 6.75. The number of aromatic nitrogens is 3. The van der Waals surface area contributed by atoms with E-state index in [0.717, 1.165) is 6.42 Å².